The summed E-state index contributed by atoms with van der Waals surface area (Å²) in [6.45, 7) is 0.506. The molecule has 1 atom stereocenters. The Kier molecular flexibility index (Phi) is 4.36. The van der Waals surface area contributed by atoms with Crippen LogP contribution in [0.4, 0.5) is 11.4 Å². The molecule has 2 aromatic carbocycles. The van der Waals surface area contributed by atoms with Gasteiger partial charge in [-0.2, -0.15) is 0 Å². The minimum atomic E-state index is -0.918. The van der Waals surface area contributed by atoms with E-state index >= 15 is 0 Å². The molecule has 0 saturated carbocycles. The summed E-state index contributed by atoms with van der Waals surface area (Å²) >= 11 is 6.10. The van der Waals surface area contributed by atoms with Crippen molar-refractivity contribution in [3.05, 3.63) is 53.3 Å². The smallest absolute Gasteiger partial charge is 0.242 e. The van der Waals surface area contributed by atoms with Crippen LogP contribution in [0, 0.1) is 0 Å². The third kappa shape index (κ3) is 3.17. The zero-order chi connectivity index (χ0) is 19.1. The van der Waals surface area contributed by atoms with Crippen LogP contribution in [0.2, 0.25) is 5.02 Å². The van der Waals surface area contributed by atoms with Crippen LogP contribution in [0.3, 0.4) is 0 Å². The highest BCUT2D eigenvalue weighted by molar-refractivity contribution is 6.31. The molecule has 27 heavy (non-hydrogen) atoms. The summed E-state index contributed by atoms with van der Waals surface area (Å²) in [5.41, 5.74) is 3.26. The molecule has 3 aromatic rings. The fourth-order valence-electron chi connectivity index (χ4n) is 3.40. The molecule has 1 N–H and O–H groups in total. The van der Waals surface area contributed by atoms with Crippen LogP contribution < -0.4 is 10.2 Å². The van der Waals surface area contributed by atoms with Crippen LogP contribution in [-0.2, 0) is 16.1 Å². The molecule has 1 unspecified atom stereocenters. The number of aryl methyl sites for hydroxylation is 1. The summed E-state index contributed by atoms with van der Waals surface area (Å²) in [6, 6.07) is 12.9. The molecule has 0 saturated heterocycles. The van der Waals surface area contributed by atoms with Gasteiger partial charge in [-0.1, -0.05) is 11.6 Å². The van der Waals surface area contributed by atoms with Crippen molar-refractivity contribution in [2.45, 2.75) is 18.9 Å². The van der Waals surface area contributed by atoms with E-state index in [1.54, 1.807) is 6.07 Å². The van der Waals surface area contributed by atoms with Crippen LogP contribution in [0.1, 0.15) is 18.2 Å². The molecule has 0 fully saturated rings. The fraction of sp³-hybridized carbons (Fsp3) is 0.250. The van der Waals surface area contributed by atoms with Crippen molar-refractivity contribution in [2.24, 2.45) is 0 Å². The molecule has 7 heteroatoms. The Labute approximate surface area is 161 Å². The number of hydrogen-bond acceptors (Lipinski definition) is 4. The molecule has 1 aliphatic rings. The van der Waals surface area contributed by atoms with Crippen molar-refractivity contribution >= 4 is 45.7 Å². The summed E-state index contributed by atoms with van der Waals surface area (Å²) in [4.78, 5) is 31.9. The number of halogens is 1. The van der Waals surface area contributed by atoms with Crippen molar-refractivity contribution < 1.29 is 9.59 Å². The number of fused-ring (bicyclic) bond motifs is 3. The van der Waals surface area contributed by atoms with E-state index < -0.39 is 5.92 Å². The number of nitrogens with one attached hydrogen (secondary N) is 1. The van der Waals surface area contributed by atoms with Crippen molar-refractivity contribution in [1.29, 1.82) is 0 Å². The van der Waals surface area contributed by atoms with Crippen molar-refractivity contribution in [1.82, 2.24) is 9.55 Å². The Bertz CT molecular complexity index is 1040. The second-order valence-corrected chi connectivity index (χ2v) is 7.27. The zero-order valence-corrected chi connectivity index (χ0v) is 15.8. The van der Waals surface area contributed by atoms with E-state index in [9.17, 15) is 9.59 Å². The fourth-order valence-corrected chi connectivity index (χ4v) is 3.57. The van der Waals surface area contributed by atoms with Crippen molar-refractivity contribution in [3.63, 3.8) is 0 Å². The standard InChI is InChI=1S/C20H19ClN4O2/c1-24(2)14-6-4-13(5-7-14)22-20(27)18-17(26)9-10-25-16-11-12(21)3-8-15(16)23-19(18)25/h3-8,11,18H,9-10H2,1-2H3,(H,22,27). The van der Waals surface area contributed by atoms with Gasteiger partial charge >= 0.3 is 0 Å². The van der Waals surface area contributed by atoms with Crippen molar-refractivity contribution in [2.75, 3.05) is 24.3 Å². The lowest BCUT2D eigenvalue weighted by molar-refractivity contribution is -0.128. The number of carbonyl (C=O) groups is 2. The zero-order valence-electron chi connectivity index (χ0n) is 15.1. The minimum absolute atomic E-state index is 0.119. The Morgan fingerprint density at radius 1 is 1.22 bits per heavy atom. The number of imidazole rings is 1. The van der Waals surface area contributed by atoms with E-state index in [0.29, 0.717) is 29.5 Å². The number of ketones is 1. The summed E-state index contributed by atoms with van der Waals surface area (Å²) < 4.78 is 1.92. The Hall–Kier alpha value is -2.86. The van der Waals surface area contributed by atoms with E-state index in [4.69, 9.17) is 11.6 Å². The van der Waals surface area contributed by atoms with Gasteiger partial charge in [0.05, 0.1) is 11.0 Å². The highest BCUT2D eigenvalue weighted by Crippen LogP contribution is 2.31. The monoisotopic (exact) mass is 382 g/mol. The number of benzene rings is 2. The Morgan fingerprint density at radius 3 is 2.67 bits per heavy atom. The largest absolute Gasteiger partial charge is 0.378 e. The first-order chi connectivity index (χ1) is 12.9. The summed E-state index contributed by atoms with van der Waals surface area (Å²) in [5.74, 6) is -0.921. The van der Waals surface area contributed by atoms with Gasteiger partial charge in [0.15, 0.2) is 11.7 Å². The van der Waals surface area contributed by atoms with Crippen LogP contribution in [0.25, 0.3) is 11.0 Å². The minimum Gasteiger partial charge on any atom is -0.378 e. The van der Waals surface area contributed by atoms with Gasteiger partial charge in [0.1, 0.15) is 5.82 Å². The lowest BCUT2D eigenvalue weighted by atomic mass is 9.96. The van der Waals surface area contributed by atoms with Crippen LogP contribution in [-0.4, -0.2) is 35.3 Å². The number of hydrogen-bond donors (Lipinski definition) is 1. The molecule has 0 aliphatic carbocycles. The molecule has 138 valence electrons. The van der Waals surface area contributed by atoms with Crippen LogP contribution in [0.15, 0.2) is 42.5 Å². The van der Waals surface area contributed by atoms with Gasteiger partial charge in [-0.25, -0.2) is 4.98 Å². The molecule has 2 heterocycles. The van der Waals surface area contributed by atoms with E-state index in [2.05, 4.69) is 10.3 Å². The third-order valence-electron chi connectivity index (χ3n) is 4.82. The maximum absolute atomic E-state index is 12.9. The molecule has 1 amide bonds. The van der Waals surface area contributed by atoms with Gasteiger partial charge in [-0.3, -0.25) is 9.59 Å². The first-order valence-electron chi connectivity index (χ1n) is 8.70. The number of Topliss-reactive ketones (excluding diaryl/α,β-unsaturated/α-hetero) is 1. The normalized spacial score (nSPS) is 16.3. The topological polar surface area (TPSA) is 67.2 Å². The third-order valence-corrected chi connectivity index (χ3v) is 5.05. The number of anilines is 2. The van der Waals surface area contributed by atoms with Crippen LogP contribution in [0.5, 0.6) is 0 Å². The summed E-state index contributed by atoms with van der Waals surface area (Å²) in [5, 5.41) is 3.45. The summed E-state index contributed by atoms with van der Waals surface area (Å²) in [6.07, 6.45) is 0.294. The SMILES string of the molecule is CN(C)c1ccc(NC(=O)C2C(=O)CCn3c2nc2ccc(Cl)cc23)cc1. The number of aromatic nitrogens is 2. The second kappa shape index (κ2) is 6.70. The quantitative estimate of drug-likeness (QED) is 0.704. The van der Waals surface area contributed by atoms with Gasteiger partial charge in [0.2, 0.25) is 5.91 Å². The second-order valence-electron chi connectivity index (χ2n) is 6.83. The maximum Gasteiger partial charge on any atom is 0.242 e. The maximum atomic E-state index is 12.9. The Balaban J connectivity index is 1.66. The Morgan fingerprint density at radius 2 is 1.96 bits per heavy atom. The number of carbonyl (C=O) groups excluding carboxylic acids is 2. The van der Waals surface area contributed by atoms with Gasteiger partial charge in [-0.05, 0) is 42.5 Å². The molecule has 6 nitrogen and oxygen atoms in total. The average molecular weight is 383 g/mol. The van der Waals surface area contributed by atoms with E-state index in [1.807, 2.05) is 60.0 Å². The number of rotatable bonds is 3. The molecule has 1 aliphatic heterocycles. The van der Waals surface area contributed by atoms with E-state index in [-0.39, 0.29) is 11.7 Å². The molecule has 0 spiro atoms. The highest BCUT2D eigenvalue weighted by atomic mass is 35.5. The van der Waals surface area contributed by atoms with Gasteiger partial charge in [0, 0.05) is 43.5 Å². The predicted molar refractivity (Wildman–Crippen MR) is 107 cm³/mol. The lowest BCUT2D eigenvalue weighted by Crippen LogP contribution is -2.34. The van der Waals surface area contributed by atoms with E-state index in [1.165, 1.54) is 0 Å². The number of nitrogens with zero attached hydrogens (tertiary/aromatic N) is 3. The first kappa shape index (κ1) is 17.5. The van der Waals surface area contributed by atoms with Crippen LogP contribution >= 0.6 is 11.6 Å². The lowest BCUT2D eigenvalue weighted by Gasteiger charge is -2.22. The average Bonchev–Trinajstić information content (AvgIpc) is 2.99. The molecular weight excluding hydrogens is 364 g/mol. The summed E-state index contributed by atoms with van der Waals surface area (Å²) in [7, 11) is 3.90. The van der Waals surface area contributed by atoms with Gasteiger partial charge in [-0.15, -0.1) is 0 Å². The van der Waals surface area contributed by atoms with Crippen molar-refractivity contribution in [3.8, 4) is 0 Å². The van der Waals surface area contributed by atoms with E-state index in [0.717, 1.165) is 16.7 Å². The molecular formula is C20H19ClN4O2. The van der Waals surface area contributed by atoms with Gasteiger partial charge in [0.25, 0.3) is 0 Å². The molecule has 0 bridgehead atoms. The first-order valence-corrected chi connectivity index (χ1v) is 9.08. The molecule has 1 aromatic heterocycles. The predicted octanol–water partition coefficient (Wildman–Crippen LogP) is 3.45. The number of amides is 1. The van der Waals surface area contributed by atoms with Gasteiger partial charge < -0.3 is 14.8 Å². The highest BCUT2D eigenvalue weighted by Gasteiger charge is 2.36. The molecule has 0 radical (unpaired) electrons. The molecule has 4 rings (SSSR count).